The molecule has 1 aromatic carbocycles. The van der Waals surface area contributed by atoms with E-state index in [1.165, 1.54) is 6.33 Å². The van der Waals surface area contributed by atoms with Gasteiger partial charge in [-0.15, -0.1) is 0 Å². The summed E-state index contributed by atoms with van der Waals surface area (Å²) < 4.78 is 16.8. The quantitative estimate of drug-likeness (QED) is 0.431. The van der Waals surface area contributed by atoms with Crippen molar-refractivity contribution < 1.29 is 19.0 Å². The van der Waals surface area contributed by atoms with Gasteiger partial charge in [-0.25, -0.2) is 9.97 Å². The standard InChI is InChI=1S/C18H21BrN4O4/c1-18(2,27-13(24)8-19)4-5-26-12-7-10(25-3)6-11-14-16(20)21-9-22-17(14)23-15(11)12/h6-7,9H,4-5,8H2,1-3H3,(H3,20,21,22,23). The molecule has 0 atom stereocenters. The lowest BCUT2D eigenvalue weighted by Gasteiger charge is -2.24. The molecule has 0 amide bonds. The second kappa shape index (κ2) is 7.59. The molecule has 0 saturated heterocycles. The third kappa shape index (κ3) is 4.08. The number of benzene rings is 1. The summed E-state index contributed by atoms with van der Waals surface area (Å²) in [7, 11) is 1.59. The van der Waals surface area contributed by atoms with E-state index < -0.39 is 5.60 Å². The number of aromatic nitrogens is 3. The number of nitrogens with zero attached hydrogens (tertiary/aromatic N) is 2. The largest absolute Gasteiger partial charge is 0.497 e. The molecule has 3 N–H and O–H groups in total. The molecule has 0 aliphatic rings. The van der Waals surface area contributed by atoms with E-state index in [4.69, 9.17) is 19.9 Å². The minimum Gasteiger partial charge on any atom is -0.497 e. The average molecular weight is 437 g/mol. The zero-order valence-electron chi connectivity index (χ0n) is 15.3. The average Bonchev–Trinajstić information content (AvgIpc) is 3.00. The van der Waals surface area contributed by atoms with Crippen LogP contribution in [0.5, 0.6) is 11.5 Å². The highest BCUT2D eigenvalue weighted by atomic mass is 79.9. The fourth-order valence-corrected chi connectivity index (χ4v) is 2.93. The van der Waals surface area contributed by atoms with Crippen LogP contribution in [0.4, 0.5) is 5.82 Å². The van der Waals surface area contributed by atoms with Crippen LogP contribution in [0.25, 0.3) is 21.9 Å². The van der Waals surface area contributed by atoms with Crippen molar-refractivity contribution in [2.24, 2.45) is 0 Å². The summed E-state index contributed by atoms with van der Waals surface area (Å²) >= 11 is 3.09. The summed E-state index contributed by atoms with van der Waals surface area (Å²) in [4.78, 5) is 23.0. The van der Waals surface area contributed by atoms with Crippen LogP contribution in [0.3, 0.4) is 0 Å². The van der Waals surface area contributed by atoms with Crippen molar-refractivity contribution in [3.8, 4) is 11.5 Å². The number of nitrogens with one attached hydrogen (secondary N) is 1. The second-order valence-corrected chi connectivity index (χ2v) is 7.18. The first-order chi connectivity index (χ1) is 12.8. The Kier molecular flexibility index (Phi) is 5.41. The number of H-pyrrole nitrogens is 1. The number of hydrogen-bond donors (Lipinski definition) is 2. The van der Waals surface area contributed by atoms with Gasteiger partial charge in [0.2, 0.25) is 0 Å². The van der Waals surface area contributed by atoms with Gasteiger partial charge in [-0.2, -0.15) is 0 Å². The van der Waals surface area contributed by atoms with Gasteiger partial charge in [0.05, 0.1) is 24.6 Å². The number of rotatable bonds is 7. The van der Waals surface area contributed by atoms with Crippen molar-refractivity contribution in [2.45, 2.75) is 25.9 Å². The highest BCUT2D eigenvalue weighted by Crippen LogP contribution is 2.37. The van der Waals surface area contributed by atoms with Gasteiger partial charge >= 0.3 is 5.97 Å². The number of halogens is 1. The molecule has 0 aliphatic carbocycles. The predicted molar refractivity (Wildman–Crippen MR) is 106 cm³/mol. The summed E-state index contributed by atoms with van der Waals surface area (Å²) in [5.74, 6) is 1.30. The van der Waals surface area contributed by atoms with Crippen molar-refractivity contribution >= 4 is 49.7 Å². The van der Waals surface area contributed by atoms with Crippen molar-refractivity contribution in [3.05, 3.63) is 18.5 Å². The molecule has 0 fully saturated rings. The van der Waals surface area contributed by atoms with Crippen LogP contribution in [0, 0.1) is 0 Å². The number of nitrogens with two attached hydrogens (primary N) is 1. The Balaban J connectivity index is 1.89. The first-order valence-electron chi connectivity index (χ1n) is 8.35. The number of alkyl halides is 1. The van der Waals surface area contributed by atoms with Gasteiger partial charge in [-0.3, -0.25) is 4.79 Å². The number of ether oxygens (including phenoxy) is 3. The Morgan fingerprint density at radius 2 is 2.11 bits per heavy atom. The van der Waals surface area contributed by atoms with E-state index in [1.54, 1.807) is 13.2 Å². The number of nitrogen functional groups attached to an aromatic ring is 1. The molecule has 144 valence electrons. The summed E-state index contributed by atoms with van der Waals surface area (Å²) in [6, 6.07) is 3.65. The fraction of sp³-hybridized carbons (Fsp3) is 0.389. The topological polar surface area (TPSA) is 112 Å². The van der Waals surface area contributed by atoms with E-state index in [-0.39, 0.29) is 11.3 Å². The zero-order chi connectivity index (χ0) is 19.6. The molecule has 3 rings (SSSR count). The molecule has 8 nitrogen and oxygen atoms in total. The van der Waals surface area contributed by atoms with E-state index in [0.717, 1.165) is 16.3 Å². The third-order valence-corrected chi connectivity index (χ3v) is 4.62. The first kappa shape index (κ1) is 19.2. The lowest BCUT2D eigenvalue weighted by atomic mass is 10.1. The first-order valence-corrected chi connectivity index (χ1v) is 9.47. The van der Waals surface area contributed by atoms with Gasteiger partial charge in [0.15, 0.2) is 0 Å². The lowest BCUT2D eigenvalue weighted by molar-refractivity contribution is -0.153. The minimum atomic E-state index is -0.640. The molecule has 3 aromatic rings. The molecule has 0 unspecified atom stereocenters. The van der Waals surface area contributed by atoms with Crippen molar-refractivity contribution in [3.63, 3.8) is 0 Å². The van der Waals surface area contributed by atoms with Gasteiger partial charge in [0, 0.05) is 17.9 Å². The Labute approximate surface area is 164 Å². The van der Waals surface area contributed by atoms with Gasteiger partial charge in [-0.1, -0.05) is 15.9 Å². The summed E-state index contributed by atoms with van der Waals surface area (Å²) in [5, 5.41) is 1.70. The summed E-state index contributed by atoms with van der Waals surface area (Å²) in [6.07, 6.45) is 1.93. The van der Waals surface area contributed by atoms with Gasteiger partial charge in [0.25, 0.3) is 0 Å². The molecule has 27 heavy (non-hydrogen) atoms. The maximum atomic E-state index is 11.5. The number of carbonyl (C=O) groups is 1. The van der Waals surface area contributed by atoms with Crippen LogP contribution in [-0.4, -0.2) is 45.6 Å². The molecule has 0 spiro atoms. The summed E-state index contributed by atoms with van der Waals surface area (Å²) in [5.41, 5.74) is 6.77. The van der Waals surface area contributed by atoms with E-state index in [1.807, 2.05) is 19.9 Å². The molecule has 2 heterocycles. The monoisotopic (exact) mass is 436 g/mol. The maximum Gasteiger partial charge on any atom is 0.317 e. The van der Waals surface area contributed by atoms with Gasteiger partial charge in [0.1, 0.15) is 40.2 Å². The third-order valence-electron chi connectivity index (χ3n) is 4.16. The number of methoxy groups -OCH3 is 1. The van der Waals surface area contributed by atoms with Crippen LogP contribution in [-0.2, 0) is 9.53 Å². The number of fused-ring (bicyclic) bond motifs is 3. The number of aromatic amines is 1. The van der Waals surface area contributed by atoms with Crippen LogP contribution >= 0.6 is 15.9 Å². The van der Waals surface area contributed by atoms with E-state index in [9.17, 15) is 4.79 Å². The molecule has 0 saturated carbocycles. The van der Waals surface area contributed by atoms with E-state index >= 15 is 0 Å². The van der Waals surface area contributed by atoms with Crippen LogP contribution < -0.4 is 15.2 Å². The lowest BCUT2D eigenvalue weighted by Crippen LogP contribution is -2.30. The molecule has 0 radical (unpaired) electrons. The van der Waals surface area contributed by atoms with E-state index in [2.05, 4.69) is 30.9 Å². The van der Waals surface area contributed by atoms with Crippen LogP contribution in [0.2, 0.25) is 0 Å². The van der Waals surface area contributed by atoms with Crippen molar-refractivity contribution in [1.82, 2.24) is 15.0 Å². The number of hydrogen-bond acceptors (Lipinski definition) is 7. The molecule has 9 heteroatoms. The SMILES string of the molecule is COc1cc(OCCC(C)(C)OC(=O)CBr)c2[nH]c3ncnc(N)c3c2c1. The Hall–Kier alpha value is -2.55. The summed E-state index contributed by atoms with van der Waals surface area (Å²) in [6.45, 7) is 4.04. The van der Waals surface area contributed by atoms with Crippen LogP contribution in [0.1, 0.15) is 20.3 Å². The molecule has 0 bridgehead atoms. The van der Waals surface area contributed by atoms with Gasteiger partial charge in [-0.05, 0) is 19.9 Å². The molecule has 0 aliphatic heterocycles. The number of esters is 1. The van der Waals surface area contributed by atoms with E-state index in [0.29, 0.717) is 36.0 Å². The van der Waals surface area contributed by atoms with Gasteiger partial charge < -0.3 is 24.9 Å². The molecular weight excluding hydrogens is 416 g/mol. The molecule has 2 aromatic heterocycles. The highest BCUT2D eigenvalue weighted by Gasteiger charge is 2.23. The fourth-order valence-electron chi connectivity index (χ4n) is 2.82. The Bertz CT molecular complexity index is 986. The predicted octanol–water partition coefficient (Wildman–Crippen LogP) is 3.19. The Morgan fingerprint density at radius 3 is 2.81 bits per heavy atom. The number of anilines is 1. The van der Waals surface area contributed by atoms with Crippen molar-refractivity contribution in [2.75, 3.05) is 24.8 Å². The minimum absolute atomic E-state index is 0.158. The number of carbonyl (C=O) groups excluding carboxylic acids is 1. The smallest absolute Gasteiger partial charge is 0.317 e. The second-order valence-electron chi connectivity index (χ2n) is 6.62. The highest BCUT2D eigenvalue weighted by molar-refractivity contribution is 9.09. The zero-order valence-corrected chi connectivity index (χ0v) is 16.9. The maximum absolute atomic E-state index is 11.5. The van der Waals surface area contributed by atoms with Crippen molar-refractivity contribution in [1.29, 1.82) is 0 Å². The Morgan fingerprint density at radius 1 is 1.33 bits per heavy atom. The normalized spacial score (nSPS) is 11.7. The van der Waals surface area contributed by atoms with Crippen LogP contribution in [0.15, 0.2) is 18.5 Å². The molecular formula is C18H21BrN4O4.